The fourth-order valence-corrected chi connectivity index (χ4v) is 4.20. The summed E-state index contributed by atoms with van der Waals surface area (Å²) in [7, 11) is 0. The van der Waals surface area contributed by atoms with Gasteiger partial charge >= 0.3 is 0 Å². The lowest BCUT2D eigenvalue weighted by atomic mass is 10.0. The number of pyridine rings is 1. The van der Waals surface area contributed by atoms with Gasteiger partial charge in [0.25, 0.3) is 0 Å². The summed E-state index contributed by atoms with van der Waals surface area (Å²) >= 11 is 0. The van der Waals surface area contributed by atoms with E-state index in [4.69, 9.17) is 4.74 Å². The van der Waals surface area contributed by atoms with Gasteiger partial charge in [0.2, 0.25) is 0 Å². The van der Waals surface area contributed by atoms with Crippen LogP contribution in [0.15, 0.2) is 24.7 Å². The number of aromatic amines is 1. The minimum Gasteiger partial charge on any atom is -0.379 e. The predicted octanol–water partition coefficient (Wildman–Crippen LogP) is 1.81. The third-order valence-corrected chi connectivity index (χ3v) is 5.46. The van der Waals surface area contributed by atoms with Crippen LogP contribution in [0.4, 0.5) is 5.69 Å². The normalized spacial score (nSPS) is 22.7. The molecule has 0 saturated carbocycles. The van der Waals surface area contributed by atoms with Crippen LogP contribution in [0.2, 0.25) is 0 Å². The summed E-state index contributed by atoms with van der Waals surface area (Å²) in [5, 5.41) is 9.73. The van der Waals surface area contributed by atoms with E-state index in [2.05, 4.69) is 30.0 Å². The second-order valence-corrected chi connectivity index (χ2v) is 6.87. The van der Waals surface area contributed by atoms with Crippen LogP contribution in [0.3, 0.4) is 0 Å². The van der Waals surface area contributed by atoms with E-state index < -0.39 is 0 Å². The number of nitrogens with one attached hydrogen (secondary N) is 1. The van der Waals surface area contributed by atoms with Crippen molar-refractivity contribution >= 4 is 27.6 Å². The minimum atomic E-state index is 0.590. The molecule has 2 fully saturated rings. The van der Waals surface area contributed by atoms with Crippen molar-refractivity contribution < 1.29 is 4.74 Å². The summed E-state index contributed by atoms with van der Waals surface area (Å²) in [6.45, 7) is 5.90. The Labute approximate surface area is 146 Å². The molecule has 2 aliphatic heterocycles. The summed E-state index contributed by atoms with van der Waals surface area (Å²) in [6, 6.07) is 2.64. The van der Waals surface area contributed by atoms with E-state index in [0.29, 0.717) is 6.04 Å². The molecule has 3 aromatic heterocycles. The lowest BCUT2D eigenvalue weighted by Crippen LogP contribution is -2.51. The van der Waals surface area contributed by atoms with Crippen molar-refractivity contribution in [3.8, 4) is 0 Å². The Bertz CT molecular complexity index is 888. The second kappa shape index (κ2) is 6.24. The molecule has 1 N–H and O–H groups in total. The summed E-state index contributed by atoms with van der Waals surface area (Å²) < 4.78 is 5.52. The summed E-state index contributed by atoms with van der Waals surface area (Å²) in [6.07, 6.45) is 8.08. The average molecular weight is 338 g/mol. The largest absolute Gasteiger partial charge is 0.379 e. The van der Waals surface area contributed by atoms with Crippen LogP contribution in [0, 0.1) is 0 Å². The van der Waals surface area contributed by atoms with Crippen LogP contribution in [0.25, 0.3) is 21.9 Å². The maximum Gasteiger partial charge on any atom is 0.159 e. The molecule has 0 radical (unpaired) electrons. The van der Waals surface area contributed by atoms with E-state index in [1.54, 1.807) is 0 Å². The Morgan fingerprint density at radius 2 is 2.04 bits per heavy atom. The number of morpholine rings is 1. The molecular formula is C18H22N6O. The second-order valence-electron chi connectivity index (χ2n) is 6.87. The van der Waals surface area contributed by atoms with Gasteiger partial charge in [-0.2, -0.15) is 5.10 Å². The summed E-state index contributed by atoms with van der Waals surface area (Å²) in [5.74, 6) is 0. The molecule has 7 nitrogen and oxygen atoms in total. The van der Waals surface area contributed by atoms with E-state index in [0.717, 1.165) is 55.9 Å². The molecule has 0 amide bonds. The number of hydrogen-bond donors (Lipinski definition) is 1. The van der Waals surface area contributed by atoms with Crippen molar-refractivity contribution in [1.82, 2.24) is 25.1 Å². The van der Waals surface area contributed by atoms with Gasteiger partial charge < -0.3 is 9.64 Å². The van der Waals surface area contributed by atoms with Crippen molar-refractivity contribution in [3.05, 3.63) is 24.7 Å². The maximum atomic E-state index is 5.52. The third-order valence-electron chi connectivity index (χ3n) is 5.46. The lowest BCUT2D eigenvalue weighted by Gasteiger charge is -2.41. The lowest BCUT2D eigenvalue weighted by molar-refractivity contribution is 0.0137. The van der Waals surface area contributed by atoms with Crippen molar-refractivity contribution in [2.75, 3.05) is 44.3 Å². The van der Waals surface area contributed by atoms with Gasteiger partial charge in [0.05, 0.1) is 36.8 Å². The molecule has 0 spiro atoms. The summed E-state index contributed by atoms with van der Waals surface area (Å²) in [4.78, 5) is 13.8. The van der Waals surface area contributed by atoms with E-state index in [1.807, 2.05) is 24.7 Å². The first-order chi connectivity index (χ1) is 12.4. The Kier molecular flexibility index (Phi) is 3.75. The molecule has 5 rings (SSSR count). The third kappa shape index (κ3) is 2.63. The van der Waals surface area contributed by atoms with E-state index in [-0.39, 0.29) is 0 Å². The topological polar surface area (TPSA) is 70.2 Å². The average Bonchev–Trinajstić information content (AvgIpc) is 3.17. The molecule has 3 aromatic rings. The number of ether oxygens (including phenoxy) is 1. The van der Waals surface area contributed by atoms with Gasteiger partial charge in [0.15, 0.2) is 5.65 Å². The highest BCUT2D eigenvalue weighted by Crippen LogP contribution is 2.32. The number of H-pyrrole nitrogens is 1. The van der Waals surface area contributed by atoms with Gasteiger partial charge in [-0.1, -0.05) is 0 Å². The van der Waals surface area contributed by atoms with Crippen LogP contribution in [-0.4, -0.2) is 70.5 Å². The van der Waals surface area contributed by atoms with E-state index in [1.165, 1.54) is 23.9 Å². The van der Waals surface area contributed by atoms with Crippen LogP contribution < -0.4 is 4.90 Å². The molecule has 2 saturated heterocycles. The fourth-order valence-electron chi connectivity index (χ4n) is 4.20. The molecular weight excluding hydrogens is 316 g/mol. The molecule has 0 bridgehead atoms. The first-order valence-electron chi connectivity index (χ1n) is 9.04. The number of rotatable bonds is 2. The zero-order valence-electron chi connectivity index (χ0n) is 14.2. The van der Waals surface area contributed by atoms with Crippen molar-refractivity contribution in [2.24, 2.45) is 0 Å². The van der Waals surface area contributed by atoms with Crippen LogP contribution >= 0.6 is 0 Å². The van der Waals surface area contributed by atoms with Crippen molar-refractivity contribution in [2.45, 2.75) is 18.9 Å². The molecule has 130 valence electrons. The Balaban J connectivity index is 1.52. The van der Waals surface area contributed by atoms with Crippen LogP contribution in [0.5, 0.6) is 0 Å². The SMILES string of the molecule is c1cc2c(n1)ncc1[nH]ncc(N3CCCC(N4CCOCC4)C3)c12. The highest BCUT2D eigenvalue weighted by Gasteiger charge is 2.28. The quantitative estimate of drug-likeness (QED) is 0.768. The first kappa shape index (κ1) is 15.0. The minimum absolute atomic E-state index is 0.590. The number of fused-ring (bicyclic) bond motifs is 3. The van der Waals surface area contributed by atoms with Crippen LogP contribution in [-0.2, 0) is 4.74 Å². The molecule has 7 heteroatoms. The first-order valence-corrected chi connectivity index (χ1v) is 9.04. The maximum absolute atomic E-state index is 5.52. The van der Waals surface area contributed by atoms with Gasteiger partial charge in [-0.3, -0.25) is 10.00 Å². The van der Waals surface area contributed by atoms with Gasteiger partial charge in [0.1, 0.15) is 0 Å². The standard InChI is InChI=1S/C18H22N6O/c1-2-13(23-6-8-25-9-7-23)12-24(5-1)16-11-21-22-15-10-20-18-14(17(15)16)3-4-19-18/h3-4,10-11,13,22H,1-2,5-9,12H2. The zero-order valence-corrected chi connectivity index (χ0v) is 14.2. The molecule has 25 heavy (non-hydrogen) atoms. The van der Waals surface area contributed by atoms with E-state index in [9.17, 15) is 0 Å². The highest BCUT2D eigenvalue weighted by atomic mass is 16.5. The molecule has 2 aliphatic rings. The Morgan fingerprint density at radius 3 is 2.96 bits per heavy atom. The van der Waals surface area contributed by atoms with Crippen molar-refractivity contribution in [3.63, 3.8) is 0 Å². The van der Waals surface area contributed by atoms with Gasteiger partial charge in [0, 0.05) is 49.2 Å². The highest BCUT2D eigenvalue weighted by molar-refractivity contribution is 6.09. The smallest absolute Gasteiger partial charge is 0.159 e. The Hall–Kier alpha value is -2.25. The van der Waals surface area contributed by atoms with Gasteiger partial charge in [-0.25, -0.2) is 9.97 Å². The zero-order chi connectivity index (χ0) is 16.6. The number of nitrogens with zero attached hydrogens (tertiary/aromatic N) is 5. The number of anilines is 1. The number of aromatic nitrogens is 4. The van der Waals surface area contributed by atoms with E-state index >= 15 is 0 Å². The Morgan fingerprint density at radius 1 is 1.12 bits per heavy atom. The fraction of sp³-hybridized carbons (Fsp3) is 0.500. The molecule has 0 aromatic carbocycles. The molecule has 1 unspecified atom stereocenters. The van der Waals surface area contributed by atoms with Gasteiger partial charge in [-0.15, -0.1) is 0 Å². The predicted molar refractivity (Wildman–Crippen MR) is 96.8 cm³/mol. The number of hydrogen-bond acceptors (Lipinski definition) is 6. The monoisotopic (exact) mass is 338 g/mol. The molecule has 5 heterocycles. The summed E-state index contributed by atoms with van der Waals surface area (Å²) in [5.41, 5.74) is 2.95. The molecule has 1 atom stereocenters. The number of piperidine rings is 1. The molecule has 0 aliphatic carbocycles. The van der Waals surface area contributed by atoms with Gasteiger partial charge in [-0.05, 0) is 18.9 Å². The van der Waals surface area contributed by atoms with Crippen molar-refractivity contribution in [1.29, 1.82) is 0 Å². The van der Waals surface area contributed by atoms with Crippen LogP contribution in [0.1, 0.15) is 12.8 Å².